The van der Waals surface area contributed by atoms with E-state index in [4.69, 9.17) is 0 Å². The molecule has 0 spiro atoms. The van der Waals surface area contributed by atoms with Crippen LogP contribution in [-0.4, -0.2) is 51.2 Å². The highest BCUT2D eigenvalue weighted by Crippen LogP contribution is 2.21. The lowest BCUT2D eigenvalue weighted by molar-refractivity contribution is 0.470. The zero-order valence-corrected chi connectivity index (χ0v) is 12.1. The summed E-state index contributed by atoms with van der Waals surface area (Å²) in [4.78, 5) is 2.32. The normalized spacial score (nSPS) is 19.9. The van der Waals surface area contributed by atoms with Gasteiger partial charge in [-0.3, -0.25) is 0 Å². The quantitative estimate of drug-likeness (QED) is 0.863. The van der Waals surface area contributed by atoms with Crippen molar-refractivity contribution in [2.75, 3.05) is 30.3 Å². The van der Waals surface area contributed by atoms with Crippen LogP contribution in [0.3, 0.4) is 0 Å². The molecule has 0 amide bonds. The largest absolute Gasteiger partial charge is 0.508 e. The fourth-order valence-electron chi connectivity index (χ4n) is 2.00. The number of phenols is 1. The number of phenolic OH excluding ortho intramolecular Hbond substituents is 1. The van der Waals surface area contributed by atoms with Gasteiger partial charge in [0.25, 0.3) is 0 Å². The Morgan fingerprint density at radius 1 is 1.05 bits per heavy atom. The van der Waals surface area contributed by atoms with Gasteiger partial charge in [-0.1, -0.05) is 11.8 Å². The molecule has 2 aliphatic rings. The fraction of sp³-hybridized carbons (Fsp3) is 0.385. The maximum Gasteiger partial charge on any atom is 0.186 e. The summed E-state index contributed by atoms with van der Waals surface area (Å²) in [5.74, 6) is 3.47. The zero-order chi connectivity index (χ0) is 13.1. The Balaban J connectivity index is 1.74. The van der Waals surface area contributed by atoms with E-state index in [2.05, 4.69) is 15.1 Å². The molecule has 2 heterocycles. The minimum absolute atomic E-state index is 0.280. The van der Waals surface area contributed by atoms with Crippen LogP contribution in [-0.2, 0) is 0 Å². The number of nitrogens with zero attached hydrogens (tertiary/aromatic N) is 3. The van der Waals surface area contributed by atoms with E-state index in [0.29, 0.717) is 0 Å². The van der Waals surface area contributed by atoms with Crippen LogP contribution in [0, 0.1) is 0 Å². The Bertz CT molecular complexity index is 507. The monoisotopic (exact) mass is 293 g/mol. The number of aromatic hydroxyl groups is 1. The lowest BCUT2D eigenvalue weighted by Crippen LogP contribution is -2.37. The summed E-state index contributed by atoms with van der Waals surface area (Å²) < 4.78 is 0. The zero-order valence-electron chi connectivity index (χ0n) is 10.5. The molecule has 1 N–H and O–H groups in total. The van der Waals surface area contributed by atoms with E-state index in [1.807, 2.05) is 23.9 Å². The number of thioether (sulfide) groups is 2. The Labute approximate surface area is 121 Å². The molecule has 2 aliphatic heterocycles. The van der Waals surface area contributed by atoms with Gasteiger partial charge in [-0.15, -0.1) is 5.10 Å². The van der Waals surface area contributed by atoms with Crippen LogP contribution in [0.4, 0.5) is 0 Å². The highest BCUT2D eigenvalue weighted by atomic mass is 32.2. The Morgan fingerprint density at radius 2 is 1.79 bits per heavy atom. The maximum atomic E-state index is 9.29. The molecular weight excluding hydrogens is 278 g/mol. The number of rotatable bonds is 1. The molecule has 1 fully saturated rings. The van der Waals surface area contributed by atoms with E-state index < -0.39 is 0 Å². The summed E-state index contributed by atoms with van der Waals surface area (Å²) in [6.07, 6.45) is 0. The first kappa shape index (κ1) is 12.9. The molecule has 19 heavy (non-hydrogen) atoms. The van der Waals surface area contributed by atoms with Crippen molar-refractivity contribution in [1.29, 1.82) is 0 Å². The molecule has 0 aliphatic carbocycles. The molecule has 1 saturated heterocycles. The summed E-state index contributed by atoms with van der Waals surface area (Å²) in [5.41, 5.74) is 2.00. The molecule has 6 heteroatoms. The van der Waals surface area contributed by atoms with Gasteiger partial charge in [-0.05, 0) is 29.8 Å². The third-order valence-corrected chi connectivity index (χ3v) is 5.03. The van der Waals surface area contributed by atoms with E-state index in [0.717, 1.165) is 35.3 Å². The van der Waals surface area contributed by atoms with Crippen molar-refractivity contribution >= 4 is 34.4 Å². The van der Waals surface area contributed by atoms with Gasteiger partial charge in [0.05, 0.1) is 5.71 Å². The molecule has 1 aromatic carbocycles. The van der Waals surface area contributed by atoms with Crippen molar-refractivity contribution < 1.29 is 5.11 Å². The first-order chi connectivity index (χ1) is 9.33. The van der Waals surface area contributed by atoms with Crippen molar-refractivity contribution in [3.63, 3.8) is 0 Å². The second kappa shape index (κ2) is 5.88. The van der Waals surface area contributed by atoms with Gasteiger partial charge in [0.1, 0.15) is 5.75 Å². The fourth-order valence-corrected chi connectivity index (χ4v) is 3.85. The minimum Gasteiger partial charge on any atom is -0.508 e. The lowest BCUT2D eigenvalue weighted by atomic mass is 10.1. The highest BCUT2D eigenvalue weighted by Gasteiger charge is 2.19. The molecule has 0 atom stereocenters. The number of hydrogen-bond acceptors (Lipinski definition) is 6. The standard InChI is InChI=1S/C13H15N3OS2/c17-11-3-1-10(2-4-11)12-9-19-13(15-14-12)16-5-7-18-8-6-16/h1-4,17H,5-9H2. The van der Waals surface area contributed by atoms with Gasteiger partial charge in [0.15, 0.2) is 5.17 Å². The first-order valence-corrected chi connectivity index (χ1v) is 8.36. The van der Waals surface area contributed by atoms with Crippen molar-refractivity contribution in [2.24, 2.45) is 10.2 Å². The van der Waals surface area contributed by atoms with Gasteiger partial charge in [-0.2, -0.15) is 16.9 Å². The van der Waals surface area contributed by atoms with Crippen LogP contribution in [0.15, 0.2) is 34.5 Å². The van der Waals surface area contributed by atoms with Crippen LogP contribution >= 0.6 is 23.5 Å². The lowest BCUT2D eigenvalue weighted by Gasteiger charge is -2.29. The summed E-state index contributed by atoms with van der Waals surface area (Å²) in [5, 5.41) is 19.0. The Hall–Kier alpha value is -1.14. The molecule has 1 aromatic rings. The van der Waals surface area contributed by atoms with Crippen LogP contribution in [0.5, 0.6) is 5.75 Å². The Morgan fingerprint density at radius 3 is 2.42 bits per heavy atom. The second-order valence-corrected chi connectivity index (χ2v) is 6.53. The van der Waals surface area contributed by atoms with Gasteiger partial charge < -0.3 is 10.0 Å². The predicted octanol–water partition coefficient (Wildman–Crippen LogP) is 2.25. The maximum absolute atomic E-state index is 9.29. The van der Waals surface area contributed by atoms with Crippen molar-refractivity contribution in [3.8, 4) is 5.75 Å². The van der Waals surface area contributed by atoms with Gasteiger partial charge in [0, 0.05) is 30.3 Å². The van der Waals surface area contributed by atoms with Gasteiger partial charge in [0.2, 0.25) is 0 Å². The summed E-state index contributed by atoms with van der Waals surface area (Å²) in [7, 11) is 0. The average Bonchev–Trinajstić information content (AvgIpc) is 2.49. The van der Waals surface area contributed by atoms with E-state index in [-0.39, 0.29) is 5.75 Å². The third kappa shape index (κ3) is 3.06. The molecule has 0 aromatic heterocycles. The number of hydrogen-bond donors (Lipinski definition) is 1. The number of amidine groups is 1. The molecule has 0 radical (unpaired) electrons. The topological polar surface area (TPSA) is 48.2 Å². The second-order valence-electron chi connectivity index (χ2n) is 4.36. The predicted molar refractivity (Wildman–Crippen MR) is 83.4 cm³/mol. The van der Waals surface area contributed by atoms with E-state index in [9.17, 15) is 5.11 Å². The molecule has 0 bridgehead atoms. The minimum atomic E-state index is 0.280. The third-order valence-electron chi connectivity index (χ3n) is 3.08. The molecule has 0 unspecified atom stereocenters. The van der Waals surface area contributed by atoms with Gasteiger partial charge >= 0.3 is 0 Å². The van der Waals surface area contributed by atoms with Gasteiger partial charge in [-0.25, -0.2) is 0 Å². The van der Waals surface area contributed by atoms with Crippen LogP contribution in [0.2, 0.25) is 0 Å². The van der Waals surface area contributed by atoms with Crippen LogP contribution in [0.25, 0.3) is 0 Å². The van der Waals surface area contributed by atoms with E-state index >= 15 is 0 Å². The summed E-state index contributed by atoms with van der Waals surface area (Å²) in [6.45, 7) is 2.14. The summed E-state index contributed by atoms with van der Waals surface area (Å²) in [6, 6.07) is 7.13. The summed E-state index contributed by atoms with van der Waals surface area (Å²) >= 11 is 3.75. The van der Waals surface area contributed by atoms with Crippen LogP contribution < -0.4 is 0 Å². The smallest absolute Gasteiger partial charge is 0.186 e. The SMILES string of the molecule is Oc1ccc(C2=NN=C(N3CCSCC3)SC2)cc1. The van der Waals surface area contributed by atoms with E-state index in [1.165, 1.54) is 11.5 Å². The first-order valence-electron chi connectivity index (χ1n) is 6.22. The Kier molecular flexibility index (Phi) is 3.98. The molecule has 0 saturated carbocycles. The van der Waals surface area contributed by atoms with Crippen molar-refractivity contribution in [1.82, 2.24) is 4.90 Å². The molecule has 100 valence electrons. The number of benzene rings is 1. The average molecular weight is 293 g/mol. The van der Waals surface area contributed by atoms with Crippen LogP contribution in [0.1, 0.15) is 5.56 Å². The molecule has 4 nitrogen and oxygen atoms in total. The highest BCUT2D eigenvalue weighted by molar-refractivity contribution is 8.14. The van der Waals surface area contributed by atoms with Crippen molar-refractivity contribution in [3.05, 3.63) is 29.8 Å². The van der Waals surface area contributed by atoms with Crippen molar-refractivity contribution in [2.45, 2.75) is 0 Å². The molecule has 3 rings (SSSR count). The van der Waals surface area contributed by atoms with E-state index in [1.54, 1.807) is 23.9 Å². The molecular formula is C13H15N3OS2.